The minimum absolute atomic E-state index is 0.0987. The summed E-state index contributed by atoms with van der Waals surface area (Å²) >= 11 is 1.12. The van der Waals surface area contributed by atoms with E-state index in [-0.39, 0.29) is 46.5 Å². The Morgan fingerprint density at radius 1 is 1.20 bits per heavy atom. The van der Waals surface area contributed by atoms with Gasteiger partial charge in [-0.05, 0) is 26.0 Å². The summed E-state index contributed by atoms with van der Waals surface area (Å²) in [4.78, 5) is 14.2. The molecule has 0 N–H and O–H groups in total. The van der Waals surface area contributed by atoms with Gasteiger partial charge in [0.05, 0.1) is 12.0 Å². The molecule has 30 heavy (non-hydrogen) atoms. The van der Waals surface area contributed by atoms with Gasteiger partial charge in [-0.25, -0.2) is 8.42 Å². The number of rotatable bonds is 6. The van der Waals surface area contributed by atoms with Crippen LogP contribution in [-0.4, -0.2) is 70.8 Å². The number of carbonyl (C=O) groups is 1. The third kappa shape index (κ3) is 4.00. The van der Waals surface area contributed by atoms with Gasteiger partial charge in [-0.1, -0.05) is 16.9 Å². The Morgan fingerprint density at radius 2 is 1.97 bits per heavy atom. The Morgan fingerprint density at radius 3 is 2.60 bits per heavy atom. The number of amides is 1. The third-order valence-corrected chi connectivity index (χ3v) is 7.56. The number of hydrogen-bond donors (Lipinski definition) is 0. The average molecular weight is 454 g/mol. The zero-order valence-corrected chi connectivity index (χ0v) is 17.9. The van der Waals surface area contributed by atoms with Crippen LogP contribution in [0.2, 0.25) is 0 Å². The van der Waals surface area contributed by atoms with Crippen LogP contribution in [0.25, 0.3) is 11.7 Å². The van der Waals surface area contributed by atoms with E-state index in [0.717, 1.165) is 11.8 Å². The van der Waals surface area contributed by atoms with Gasteiger partial charge in [0, 0.05) is 26.2 Å². The highest BCUT2D eigenvalue weighted by Crippen LogP contribution is 2.26. The Labute approximate surface area is 176 Å². The summed E-state index contributed by atoms with van der Waals surface area (Å²) in [7, 11) is -3.71. The predicted molar refractivity (Wildman–Crippen MR) is 104 cm³/mol. The molecule has 1 amide bonds. The highest BCUT2D eigenvalue weighted by molar-refractivity contribution is 7.99. The van der Waals surface area contributed by atoms with Gasteiger partial charge >= 0.3 is 0 Å². The molecule has 0 aliphatic carbocycles. The van der Waals surface area contributed by atoms with Gasteiger partial charge in [0.1, 0.15) is 10.6 Å². The van der Waals surface area contributed by atoms with E-state index >= 15 is 0 Å². The first-order chi connectivity index (χ1) is 14.4. The molecule has 0 spiro atoms. The van der Waals surface area contributed by atoms with Gasteiger partial charge < -0.3 is 18.3 Å². The lowest BCUT2D eigenvalue weighted by Crippen LogP contribution is -2.51. The lowest BCUT2D eigenvalue weighted by Gasteiger charge is -2.33. The number of piperazine rings is 1. The molecule has 1 aliphatic rings. The molecule has 0 aromatic carbocycles. The van der Waals surface area contributed by atoms with Crippen molar-refractivity contribution >= 4 is 27.7 Å². The van der Waals surface area contributed by atoms with Crippen molar-refractivity contribution in [2.24, 2.45) is 0 Å². The van der Waals surface area contributed by atoms with E-state index < -0.39 is 10.0 Å². The first kappa shape index (κ1) is 20.6. The molecule has 11 nitrogen and oxygen atoms in total. The van der Waals surface area contributed by atoms with Gasteiger partial charge in [-0.2, -0.15) is 4.31 Å². The van der Waals surface area contributed by atoms with Crippen molar-refractivity contribution in [2.45, 2.75) is 24.0 Å². The van der Waals surface area contributed by atoms with Crippen LogP contribution in [0.1, 0.15) is 11.5 Å². The van der Waals surface area contributed by atoms with E-state index in [2.05, 4.69) is 15.4 Å². The summed E-state index contributed by atoms with van der Waals surface area (Å²) in [6.45, 7) is 4.15. The summed E-state index contributed by atoms with van der Waals surface area (Å²) in [5.74, 6) is 0.934. The van der Waals surface area contributed by atoms with E-state index in [4.69, 9.17) is 13.4 Å². The van der Waals surface area contributed by atoms with Crippen LogP contribution >= 0.6 is 11.8 Å². The quantitative estimate of drug-likeness (QED) is 0.506. The molecule has 3 aromatic rings. The number of sulfonamides is 1. The van der Waals surface area contributed by atoms with Crippen LogP contribution in [0.15, 0.2) is 41.9 Å². The van der Waals surface area contributed by atoms with E-state index in [1.807, 2.05) is 0 Å². The number of thioether (sulfide) groups is 1. The van der Waals surface area contributed by atoms with Gasteiger partial charge in [0.25, 0.3) is 11.1 Å². The molecule has 4 rings (SSSR count). The summed E-state index contributed by atoms with van der Waals surface area (Å²) in [5.41, 5.74) is 0.330. The third-order valence-electron chi connectivity index (χ3n) is 4.61. The highest BCUT2D eigenvalue weighted by atomic mass is 32.2. The Balaban J connectivity index is 1.31. The fraction of sp³-hybridized carbons (Fsp3) is 0.412. The highest BCUT2D eigenvalue weighted by Gasteiger charge is 2.34. The van der Waals surface area contributed by atoms with E-state index in [1.54, 1.807) is 30.9 Å². The number of aryl methyl sites for hydroxylation is 2. The molecular weight excluding hydrogens is 434 g/mol. The summed E-state index contributed by atoms with van der Waals surface area (Å²) < 4.78 is 42.7. The molecular formula is C17H19N5O6S2. The van der Waals surface area contributed by atoms with Crippen molar-refractivity contribution in [1.29, 1.82) is 0 Å². The first-order valence-electron chi connectivity index (χ1n) is 9.07. The fourth-order valence-corrected chi connectivity index (χ4v) is 5.51. The van der Waals surface area contributed by atoms with Crippen LogP contribution in [-0.2, 0) is 14.8 Å². The van der Waals surface area contributed by atoms with Crippen LogP contribution < -0.4 is 0 Å². The molecule has 3 aromatic heterocycles. The Hall–Kier alpha value is -2.64. The van der Waals surface area contributed by atoms with Crippen molar-refractivity contribution in [3.8, 4) is 11.7 Å². The largest absolute Gasteiger partial charge is 0.459 e. The molecule has 0 unspecified atom stereocenters. The first-order valence-corrected chi connectivity index (χ1v) is 11.5. The second-order valence-electron chi connectivity index (χ2n) is 6.58. The second-order valence-corrected chi connectivity index (χ2v) is 9.38. The summed E-state index contributed by atoms with van der Waals surface area (Å²) in [6, 6.07) is 3.41. The van der Waals surface area contributed by atoms with Crippen molar-refractivity contribution in [3.63, 3.8) is 0 Å². The Bertz CT molecular complexity index is 1110. The van der Waals surface area contributed by atoms with Crippen molar-refractivity contribution in [2.75, 3.05) is 31.9 Å². The summed E-state index contributed by atoms with van der Waals surface area (Å²) in [5, 5.41) is 11.8. The minimum Gasteiger partial charge on any atom is -0.459 e. The monoisotopic (exact) mass is 453 g/mol. The number of carbonyl (C=O) groups excluding carboxylic acids is 1. The predicted octanol–water partition coefficient (Wildman–Crippen LogP) is 1.56. The molecule has 1 saturated heterocycles. The van der Waals surface area contributed by atoms with Crippen molar-refractivity contribution in [1.82, 2.24) is 24.6 Å². The molecule has 0 radical (unpaired) electrons. The van der Waals surface area contributed by atoms with Gasteiger partial charge in [-0.3, -0.25) is 4.79 Å². The van der Waals surface area contributed by atoms with E-state index in [1.165, 1.54) is 10.6 Å². The molecule has 0 atom stereocenters. The molecule has 1 fully saturated rings. The molecule has 1 aliphatic heterocycles. The zero-order valence-electron chi connectivity index (χ0n) is 16.3. The van der Waals surface area contributed by atoms with Crippen LogP contribution in [0, 0.1) is 13.8 Å². The number of nitrogens with zero attached hydrogens (tertiary/aromatic N) is 5. The molecule has 13 heteroatoms. The maximum Gasteiger partial charge on any atom is 0.284 e. The smallest absolute Gasteiger partial charge is 0.284 e. The number of aromatic nitrogens is 3. The second kappa shape index (κ2) is 8.24. The van der Waals surface area contributed by atoms with Crippen molar-refractivity contribution in [3.05, 3.63) is 29.9 Å². The maximum atomic E-state index is 12.9. The number of hydrogen-bond acceptors (Lipinski definition) is 10. The topological polar surface area (TPSA) is 136 Å². The zero-order chi connectivity index (χ0) is 21.3. The Kier molecular flexibility index (Phi) is 5.66. The van der Waals surface area contributed by atoms with E-state index in [9.17, 15) is 13.2 Å². The molecule has 0 saturated carbocycles. The SMILES string of the molecule is Cc1noc(C)c1S(=O)(=O)N1CCN(C(=O)CSc2nnc(-c3ccco3)o2)CC1. The molecule has 4 heterocycles. The van der Waals surface area contributed by atoms with E-state index in [0.29, 0.717) is 24.5 Å². The normalized spacial score (nSPS) is 15.6. The standard InChI is InChI=1S/C17H19N5O6S2/c1-11-15(12(2)28-20-11)30(24,25)22-7-5-21(6-8-22)14(23)10-29-17-19-18-16(27-17)13-4-3-9-26-13/h3-4,9H,5-8,10H2,1-2H3. The van der Waals surface area contributed by atoms with Crippen LogP contribution in [0.5, 0.6) is 0 Å². The number of furan rings is 1. The fourth-order valence-electron chi connectivity index (χ4n) is 3.13. The summed E-state index contributed by atoms with van der Waals surface area (Å²) in [6.07, 6.45) is 1.50. The minimum atomic E-state index is -3.71. The van der Waals surface area contributed by atoms with Gasteiger partial charge in [0.15, 0.2) is 11.5 Å². The van der Waals surface area contributed by atoms with Gasteiger partial charge in [-0.15, -0.1) is 10.2 Å². The lowest BCUT2D eigenvalue weighted by atomic mass is 10.3. The van der Waals surface area contributed by atoms with Crippen molar-refractivity contribution < 1.29 is 26.6 Å². The maximum absolute atomic E-state index is 12.9. The average Bonchev–Trinajstić information content (AvgIpc) is 3.47. The van der Waals surface area contributed by atoms with Gasteiger partial charge in [0.2, 0.25) is 15.9 Å². The molecule has 0 bridgehead atoms. The van der Waals surface area contributed by atoms with Crippen LogP contribution in [0.3, 0.4) is 0 Å². The lowest BCUT2D eigenvalue weighted by molar-refractivity contribution is -0.129. The van der Waals surface area contributed by atoms with Crippen LogP contribution in [0.4, 0.5) is 0 Å². The molecule has 160 valence electrons.